The van der Waals surface area contributed by atoms with Gasteiger partial charge in [0.15, 0.2) is 0 Å². The third-order valence-electron chi connectivity index (χ3n) is 5.48. The second-order valence-corrected chi connectivity index (χ2v) is 12.0. The molecule has 2 aromatic carbocycles. The van der Waals surface area contributed by atoms with E-state index in [0.29, 0.717) is 29.1 Å². The maximum atomic E-state index is 13.7. The lowest BCUT2D eigenvalue weighted by atomic mass is 10.1. The summed E-state index contributed by atoms with van der Waals surface area (Å²) in [6, 6.07) is 13.7. The summed E-state index contributed by atoms with van der Waals surface area (Å²) in [5.41, 5.74) is 1.55. The topological polar surface area (TPSA) is 86.8 Å². The zero-order valence-corrected chi connectivity index (χ0v) is 22.9. The van der Waals surface area contributed by atoms with E-state index in [4.69, 9.17) is 11.6 Å². The predicted molar refractivity (Wildman–Crippen MR) is 142 cm³/mol. The molecule has 9 heteroatoms. The highest BCUT2D eigenvalue weighted by Crippen LogP contribution is 2.26. The number of carbonyl (C=O) groups excluding carboxylic acids is 2. The smallest absolute Gasteiger partial charge is 0.244 e. The molecular formula is C26H36ClN3O4S. The van der Waals surface area contributed by atoms with Crippen LogP contribution >= 0.6 is 11.6 Å². The molecule has 0 fully saturated rings. The molecule has 2 aromatic rings. The molecule has 2 amide bonds. The normalized spacial score (nSPS) is 12.7. The molecule has 0 spiro atoms. The van der Waals surface area contributed by atoms with Gasteiger partial charge in [-0.3, -0.25) is 13.9 Å². The molecule has 7 nitrogen and oxygen atoms in total. The van der Waals surface area contributed by atoms with Gasteiger partial charge in [0.2, 0.25) is 21.8 Å². The van der Waals surface area contributed by atoms with Gasteiger partial charge in [0.1, 0.15) is 12.6 Å². The number of hydrogen-bond donors (Lipinski definition) is 1. The van der Waals surface area contributed by atoms with Crippen LogP contribution in [0.2, 0.25) is 5.02 Å². The Balaban J connectivity index is 2.41. The summed E-state index contributed by atoms with van der Waals surface area (Å²) in [5.74, 6) is -0.716. The summed E-state index contributed by atoms with van der Waals surface area (Å²) in [6.07, 6.45) is 1.98. The number of hydrogen-bond acceptors (Lipinski definition) is 4. The molecule has 0 bridgehead atoms. The minimum atomic E-state index is -3.79. The number of sulfonamides is 1. The second kappa shape index (κ2) is 11.9. The molecule has 192 valence electrons. The minimum absolute atomic E-state index is 0.269. The molecule has 0 unspecified atom stereocenters. The van der Waals surface area contributed by atoms with Crippen molar-refractivity contribution in [2.45, 2.75) is 59.0 Å². The van der Waals surface area contributed by atoms with Crippen LogP contribution in [0.4, 0.5) is 5.69 Å². The zero-order valence-electron chi connectivity index (χ0n) is 21.3. The molecule has 0 saturated carbocycles. The van der Waals surface area contributed by atoms with E-state index in [2.05, 4.69) is 5.32 Å². The van der Waals surface area contributed by atoms with Gasteiger partial charge in [-0.05, 0) is 69.9 Å². The van der Waals surface area contributed by atoms with E-state index >= 15 is 0 Å². The number of nitrogens with zero attached hydrogens (tertiary/aromatic N) is 2. The third kappa shape index (κ3) is 8.54. The third-order valence-corrected chi connectivity index (χ3v) is 6.84. The molecule has 0 aromatic heterocycles. The van der Waals surface area contributed by atoms with Crippen molar-refractivity contribution in [1.29, 1.82) is 0 Å². The molecule has 1 N–H and O–H groups in total. The molecule has 0 radical (unpaired) electrons. The van der Waals surface area contributed by atoms with Gasteiger partial charge >= 0.3 is 0 Å². The van der Waals surface area contributed by atoms with Crippen LogP contribution in [0.1, 0.15) is 45.2 Å². The Hall–Kier alpha value is -2.58. The van der Waals surface area contributed by atoms with Crippen molar-refractivity contribution in [3.05, 3.63) is 64.7 Å². The quantitative estimate of drug-likeness (QED) is 0.508. The monoisotopic (exact) mass is 521 g/mol. The summed E-state index contributed by atoms with van der Waals surface area (Å²) < 4.78 is 26.5. The number of anilines is 1. The standard InChI is InChI=1S/C26H36ClN3O4S/c1-7-22(25(32)28-26(3,4)5)29(16-15-20-11-9-8-10-12-20)24(31)18-30(35(6,33)34)23-14-13-21(27)17-19(23)2/h8-14,17,22H,7,15-16,18H2,1-6H3,(H,28,32)/t22-/m0/s1. The van der Waals surface area contributed by atoms with Crippen molar-refractivity contribution in [2.24, 2.45) is 0 Å². The molecule has 0 aliphatic rings. The van der Waals surface area contributed by atoms with Crippen LogP contribution in [0.3, 0.4) is 0 Å². The lowest BCUT2D eigenvalue weighted by Crippen LogP contribution is -2.56. The SMILES string of the molecule is CC[C@@H](C(=O)NC(C)(C)C)N(CCc1ccccc1)C(=O)CN(c1ccc(Cl)cc1C)S(C)(=O)=O. The molecule has 0 aliphatic heterocycles. The largest absolute Gasteiger partial charge is 0.350 e. The first-order valence-corrected chi connectivity index (χ1v) is 13.8. The van der Waals surface area contributed by atoms with Gasteiger partial charge in [-0.25, -0.2) is 8.42 Å². The first-order chi connectivity index (χ1) is 16.2. The maximum absolute atomic E-state index is 13.7. The summed E-state index contributed by atoms with van der Waals surface area (Å²) in [7, 11) is -3.79. The number of aryl methyl sites for hydroxylation is 1. The average molecular weight is 522 g/mol. The van der Waals surface area contributed by atoms with Gasteiger partial charge in [-0.15, -0.1) is 0 Å². The Morgan fingerprint density at radius 2 is 1.71 bits per heavy atom. The van der Waals surface area contributed by atoms with E-state index in [1.807, 2.05) is 58.0 Å². The predicted octanol–water partition coefficient (Wildman–Crippen LogP) is 4.18. The Morgan fingerprint density at radius 3 is 2.23 bits per heavy atom. The van der Waals surface area contributed by atoms with Gasteiger partial charge in [-0.1, -0.05) is 48.9 Å². The summed E-state index contributed by atoms with van der Waals surface area (Å²) in [5, 5.41) is 3.43. The van der Waals surface area contributed by atoms with Gasteiger partial charge in [-0.2, -0.15) is 0 Å². The Kier molecular flexibility index (Phi) is 9.75. The van der Waals surface area contributed by atoms with Crippen molar-refractivity contribution < 1.29 is 18.0 Å². The van der Waals surface area contributed by atoms with Crippen LogP contribution in [0.25, 0.3) is 0 Å². The lowest BCUT2D eigenvalue weighted by molar-refractivity contribution is -0.140. The number of halogens is 1. The van der Waals surface area contributed by atoms with Crippen LogP contribution in [0.15, 0.2) is 48.5 Å². The highest BCUT2D eigenvalue weighted by molar-refractivity contribution is 7.92. The molecule has 2 rings (SSSR count). The average Bonchev–Trinajstić information content (AvgIpc) is 2.74. The van der Waals surface area contributed by atoms with Crippen LogP contribution in [0, 0.1) is 6.92 Å². The van der Waals surface area contributed by atoms with E-state index < -0.39 is 34.1 Å². The van der Waals surface area contributed by atoms with Gasteiger partial charge < -0.3 is 10.2 Å². The summed E-state index contributed by atoms with van der Waals surface area (Å²) in [4.78, 5) is 28.3. The number of amides is 2. The number of rotatable bonds is 10. The second-order valence-electron chi connectivity index (χ2n) is 9.69. The van der Waals surface area contributed by atoms with Crippen LogP contribution in [-0.2, 0) is 26.0 Å². The summed E-state index contributed by atoms with van der Waals surface area (Å²) >= 11 is 6.05. The highest BCUT2D eigenvalue weighted by atomic mass is 35.5. The molecule has 1 atom stereocenters. The van der Waals surface area contributed by atoms with Crippen molar-refractivity contribution in [3.63, 3.8) is 0 Å². The fourth-order valence-electron chi connectivity index (χ4n) is 3.84. The van der Waals surface area contributed by atoms with Crippen molar-refractivity contribution in [2.75, 3.05) is 23.7 Å². The van der Waals surface area contributed by atoms with Gasteiger partial charge in [0, 0.05) is 17.1 Å². The first-order valence-electron chi connectivity index (χ1n) is 11.6. The maximum Gasteiger partial charge on any atom is 0.244 e. The van der Waals surface area contributed by atoms with E-state index in [-0.39, 0.29) is 12.5 Å². The molecule has 0 saturated heterocycles. The van der Waals surface area contributed by atoms with E-state index in [1.165, 1.54) is 4.90 Å². The van der Waals surface area contributed by atoms with Crippen LogP contribution in [0.5, 0.6) is 0 Å². The van der Waals surface area contributed by atoms with E-state index in [1.54, 1.807) is 25.1 Å². The van der Waals surface area contributed by atoms with E-state index in [0.717, 1.165) is 16.1 Å². The zero-order chi connectivity index (χ0) is 26.4. The highest BCUT2D eigenvalue weighted by Gasteiger charge is 2.33. The van der Waals surface area contributed by atoms with Crippen molar-refractivity contribution in [3.8, 4) is 0 Å². The van der Waals surface area contributed by atoms with Gasteiger partial charge in [0.05, 0.1) is 11.9 Å². The fourth-order valence-corrected chi connectivity index (χ4v) is 4.98. The number of benzene rings is 2. The minimum Gasteiger partial charge on any atom is -0.350 e. The first kappa shape index (κ1) is 28.7. The summed E-state index contributed by atoms with van der Waals surface area (Å²) in [6.45, 7) is 9.06. The molecule has 35 heavy (non-hydrogen) atoms. The van der Waals surface area contributed by atoms with Crippen molar-refractivity contribution >= 4 is 39.1 Å². The number of nitrogens with one attached hydrogen (secondary N) is 1. The molecule has 0 aliphatic carbocycles. The Morgan fingerprint density at radius 1 is 1.09 bits per heavy atom. The molecular weight excluding hydrogens is 486 g/mol. The molecule has 0 heterocycles. The Bertz CT molecular complexity index is 1130. The van der Waals surface area contributed by atoms with Crippen molar-refractivity contribution in [1.82, 2.24) is 10.2 Å². The van der Waals surface area contributed by atoms with Gasteiger partial charge in [0.25, 0.3) is 0 Å². The number of carbonyl (C=O) groups is 2. The van der Waals surface area contributed by atoms with Crippen LogP contribution in [-0.4, -0.2) is 56.1 Å². The van der Waals surface area contributed by atoms with Crippen LogP contribution < -0.4 is 9.62 Å². The lowest BCUT2D eigenvalue weighted by Gasteiger charge is -2.34. The van der Waals surface area contributed by atoms with E-state index in [9.17, 15) is 18.0 Å². The fraction of sp³-hybridized carbons (Fsp3) is 0.462. The Labute approximate surface area is 214 Å².